The van der Waals surface area contributed by atoms with Crippen molar-refractivity contribution >= 4 is 21.6 Å². The van der Waals surface area contributed by atoms with Crippen molar-refractivity contribution in [3.05, 3.63) is 29.3 Å². The largest absolute Gasteiger partial charge is 0.295 e. The van der Waals surface area contributed by atoms with E-state index < -0.39 is 0 Å². The number of para-hydroxylation sites is 1. The van der Waals surface area contributed by atoms with Gasteiger partial charge in [0.1, 0.15) is 5.01 Å². The topological polar surface area (TPSA) is 24.9 Å². The van der Waals surface area contributed by atoms with Crippen LogP contribution in [0.1, 0.15) is 37.7 Å². The molecule has 2 aromatic rings. The third-order valence-corrected chi connectivity index (χ3v) is 4.13. The van der Waals surface area contributed by atoms with Gasteiger partial charge in [-0.05, 0) is 25.5 Å². The lowest BCUT2D eigenvalue weighted by Crippen LogP contribution is -2.30. The van der Waals surface area contributed by atoms with E-state index in [1.807, 2.05) is 18.2 Å². The highest BCUT2D eigenvalue weighted by atomic mass is 32.1. The first-order valence-electron chi connectivity index (χ1n) is 6.32. The molecule has 1 aromatic carbocycles. The van der Waals surface area contributed by atoms with Gasteiger partial charge in [-0.2, -0.15) is 0 Å². The highest BCUT2D eigenvalue weighted by Crippen LogP contribution is 2.26. The molecular formula is C15H18N2S. The zero-order chi connectivity index (χ0) is 13.0. The summed E-state index contributed by atoms with van der Waals surface area (Å²) in [4.78, 5) is 4.65. The minimum absolute atomic E-state index is 0.136. The van der Waals surface area contributed by atoms with Crippen LogP contribution in [0.4, 0.5) is 0 Å². The molecule has 2 atom stereocenters. The Hall–Kier alpha value is -1.37. The molecule has 18 heavy (non-hydrogen) atoms. The van der Waals surface area contributed by atoms with Crippen LogP contribution in [0.15, 0.2) is 24.3 Å². The molecule has 0 bridgehead atoms. The lowest BCUT2D eigenvalue weighted by atomic mass is 10.1. The highest BCUT2D eigenvalue weighted by Gasteiger charge is 2.14. The molecule has 0 aliphatic heterocycles. The Labute approximate surface area is 112 Å². The van der Waals surface area contributed by atoms with Gasteiger partial charge < -0.3 is 0 Å². The fourth-order valence-electron chi connectivity index (χ4n) is 1.95. The number of hydrogen-bond acceptors (Lipinski definition) is 3. The number of nitrogens with one attached hydrogen (secondary N) is 1. The molecule has 0 radical (unpaired) electrons. The molecule has 2 rings (SSSR count). The first-order chi connectivity index (χ1) is 8.74. The van der Waals surface area contributed by atoms with E-state index >= 15 is 0 Å². The van der Waals surface area contributed by atoms with Gasteiger partial charge in [0.05, 0.1) is 22.3 Å². The summed E-state index contributed by atoms with van der Waals surface area (Å²) < 4.78 is 1.23. The summed E-state index contributed by atoms with van der Waals surface area (Å²) in [5.41, 5.74) is 1.07. The number of thiazole rings is 1. The van der Waals surface area contributed by atoms with Gasteiger partial charge in [-0.25, -0.2) is 4.98 Å². The van der Waals surface area contributed by atoms with Crippen LogP contribution in [-0.2, 0) is 0 Å². The van der Waals surface area contributed by atoms with E-state index in [4.69, 9.17) is 6.42 Å². The van der Waals surface area contributed by atoms with E-state index in [2.05, 4.69) is 36.1 Å². The lowest BCUT2D eigenvalue weighted by molar-refractivity contribution is 0.494. The SMILES string of the molecule is C#CC(CCC)NC(C)c1nc2ccccc2s1. The molecule has 3 heteroatoms. The molecule has 1 heterocycles. The van der Waals surface area contributed by atoms with E-state index in [-0.39, 0.29) is 12.1 Å². The quantitative estimate of drug-likeness (QED) is 0.826. The molecule has 1 N–H and O–H groups in total. The summed E-state index contributed by atoms with van der Waals surface area (Å²) in [5, 5.41) is 4.56. The van der Waals surface area contributed by atoms with Crippen LogP contribution in [0.2, 0.25) is 0 Å². The second kappa shape index (κ2) is 5.99. The van der Waals surface area contributed by atoms with Crippen LogP contribution in [0.25, 0.3) is 10.2 Å². The number of rotatable bonds is 5. The first kappa shape index (κ1) is 13.1. The summed E-state index contributed by atoms with van der Waals surface area (Å²) in [6.07, 6.45) is 7.63. The van der Waals surface area contributed by atoms with Gasteiger partial charge in [-0.1, -0.05) is 31.4 Å². The van der Waals surface area contributed by atoms with Gasteiger partial charge in [0, 0.05) is 0 Å². The lowest BCUT2D eigenvalue weighted by Gasteiger charge is -2.16. The van der Waals surface area contributed by atoms with Crippen LogP contribution >= 0.6 is 11.3 Å². The number of terminal acetylenes is 1. The maximum Gasteiger partial charge on any atom is 0.111 e. The number of aromatic nitrogens is 1. The Morgan fingerprint density at radius 2 is 2.22 bits per heavy atom. The predicted molar refractivity (Wildman–Crippen MR) is 78.7 cm³/mol. The molecule has 1 aromatic heterocycles. The van der Waals surface area contributed by atoms with Crippen LogP contribution in [0, 0.1) is 12.3 Å². The van der Waals surface area contributed by atoms with Crippen LogP contribution in [-0.4, -0.2) is 11.0 Å². The zero-order valence-corrected chi connectivity index (χ0v) is 11.6. The molecule has 2 nitrogen and oxygen atoms in total. The third kappa shape index (κ3) is 2.90. The number of nitrogens with zero attached hydrogens (tertiary/aromatic N) is 1. The summed E-state index contributed by atoms with van der Waals surface area (Å²) in [5.74, 6) is 2.80. The molecule has 94 valence electrons. The minimum atomic E-state index is 0.136. The van der Waals surface area contributed by atoms with E-state index in [0.717, 1.165) is 23.4 Å². The number of hydrogen-bond donors (Lipinski definition) is 1. The fraction of sp³-hybridized carbons (Fsp3) is 0.400. The van der Waals surface area contributed by atoms with Crippen LogP contribution < -0.4 is 5.32 Å². The molecule has 0 fully saturated rings. The maximum absolute atomic E-state index is 5.53. The van der Waals surface area contributed by atoms with E-state index in [1.165, 1.54) is 4.70 Å². The van der Waals surface area contributed by atoms with Crippen LogP contribution in [0.3, 0.4) is 0 Å². The smallest absolute Gasteiger partial charge is 0.111 e. The molecule has 0 aliphatic rings. The average molecular weight is 258 g/mol. The Balaban J connectivity index is 2.13. The van der Waals surface area contributed by atoms with Gasteiger partial charge in [-0.3, -0.25) is 5.32 Å². The van der Waals surface area contributed by atoms with E-state index in [9.17, 15) is 0 Å². The summed E-state index contributed by atoms with van der Waals surface area (Å²) >= 11 is 1.73. The summed E-state index contributed by atoms with van der Waals surface area (Å²) in [6, 6.07) is 8.56. The van der Waals surface area contributed by atoms with Gasteiger partial charge >= 0.3 is 0 Å². The second-order valence-corrected chi connectivity index (χ2v) is 5.48. The van der Waals surface area contributed by atoms with Crippen molar-refractivity contribution in [2.24, 2.45) is 0 Å². The molecule has 0 amide bonds. The Morgan fingerprint density at radius 3 is 2.89 bits per heavy atom. The Bertz CT molecular complexity index is 520. The third-order valence-electron chi connectivity index (χ3n) is 2.91. The molecule has 0 saturated heterocycles. The monoisotopic (exact) mass is 258 g/mol. The molecular weight excluding hydrogens is 240 g/mol. The van der Waals surface area contributed by atoms with Gasteiger partial charge in [-0.15, -0.1) is 17.8 Å². The normalized spacial score (nSPS) is 14.3. The highest BCUT2D eigenvalue weighted by molar-refractivity contribution is 7.18. The second-order valence-electron chi connectivity index (χ2n) is 4.42. The number of benzene rings is 1. The minimum Gasteiger partial charge on any atom is -0.295 e. The number of fused-ring (bicyclic) bond motifs is 1. The van der Waals surface area contributed by atoms with Crippen molar-refractivity contribution < 1.29 is 0 Å². The standard InChI is InChI=1S/C15H18N2S/c1-4-8-12(5-2)16-11(3)15-17-13-9-6-7-10-14(13)18-15/h2,6-7,9-12,16H,4,8H2,1,3H3. The van der Waals surface area contributed by atoms with Crippen molar-refractivity contribution in [2.75, 3.05) is 0 Å². The Morgan fingerprint density at radius 1 is 1.44 bits per heavy atom. The predicted octanol–water partition coefficient (Wildman–Crippen LogP) is 3.75. The van der Waals surface area contributed by atoms with E-state index in [0.29, 0.717) is 0 Å². The summed E-state index contributed by atoms with van der Waals surface area (Å²) in [7, 11) is 0. The van der Waals surface area contributed by atoms with Crippen molar-refractivity contribution in [3.63, 3.8) is 0 Å². The van der Waals surface area contributed by atoms with Gasteiger partial charge in [0.25, 0.3) is 0 Å². The fourth-order valence-corrected chi connectivity index (χ4v) is 2.93. The average Bonchev–Trinajstić information content (AvgIpc) is 2.82. The van der Waals surface area contributed by atoms with Crippen molar-refractivity contribution in [1.82, 2.24) is 10.3 Å². The molecule has 0 saturated carbocycles. The zero-order valence-electron chi connectivity index (χ0n) is 10.8. The van der Waals surface area contributed by atoms with E-state index in [1.54, 1.807) is 11.3 Å². The maximum atomic E-state index is 5.53. The van der Waals surface area contributed by atoms with Crippen molar-refractivity contribution in [2.45, 2.75) is 38.8 Å². The molecule has 0 spiro atoms. The summed E-state index contributed by atoms with van der Waals surface area (Å²) in [6.45, 7) is 4.27. The Kier molecular flexibility index (Phi) is 4.35. The van der Waals surface area contributed by atoms with Gasteiger partial charge in [0.2, 0.25) is 0 Å². The van der Waals surface area contributed by atoms with Crippen LogP contribution in [0.5, 0.6) is 0 Å². The first-order valence-corrected chi connectivity index (χ1v) is 7.14. The van der Waals surface area contributed by atoms with Crippen molar-refractivity contribution in [1.29, 1.82) is 0 Å². The molecule has 2 unspecified atom stereocenters. The van der Waals surface area contributed by atoms with Crippen molar-refractivity contribution in [3.8, 4) is 12.3 Å². The van der Waals surface area contributed by atoms with Gasteiger partial charge in [0.15, 0.2) is 0 Å². The molecule has 0 aliphatic carbocycles.